The number of benzene rings is 1. The van der Waals surface area contributed by atoms with Crippen molar-refractivity contribution in [3.63, 3.8) is 0 Å². The second-order valence-electron chi connectivity index (χ2n) is 6.02. The molecule has 0 fully saturated rings. The number of aliphatic carboxylic acids is 1. The molecule has 1 aromatic carbocycles. The fourth-order valence-electron chi connectivity index (χ4n) is 2.57. The number of carboxylic acids is 1. The van der Waals surface area contributed by atoms with Crippen molar-refractivity contribution < 1.29 is 9.90 Å². The number of aromatic nitrogens is 3. The molecule has 2 heterocycles. The number of H-pyrrole nitrogens is 1. The molecule has 114 valence electrons. The Morgan fingerprint density at radius 3 is 2.86 bits per heavy atom. The van der Waals surface area contributed by atoms with Crippen molar-refractivity contribution in [1.29, 1.82) is 0 Å². The maximum Gasteiger partial charge on any atom is 0.303 e. The van der Waals surface area contributed by atoms with Crippen molar-refractivity contribution in [2.45, 2.75) is 32.2 Å². The van der Waals surface area contributed by atoms with E-state index >= 15 is 0 Å². The third kappa shape index (κ3) is 2.72. The zero-order chi connectivity index (χ0) is 15.7. The van der Waals surface area contributed by atoms with Gasteiger partial charge in [-0.1, -0.05) is 18.2 Å². The summed E-state index contributed by atoms with van der Waals surface area (Å²) >= 11 is 0. The topological polar surface area (TPSA) is 90.9 Å². The van der Waals surface area contributed by atoms with Crippen LogP contribution in [0.2, 0.25) is 0 Å². The molecule has 22 heavy (non-hydrogen) atoms. The molecule has 0 amide bonds. The van der Waals surface area contributed by atoms with Crippen LogP contribution >= 0.6 is 0 Å². The summed E-state index contributed by atoms with van der Waals surface area (Å²) in [4.78, 5) is 22.7. The number of carboxylic acid groups (broad SMARTS) is 1. The predicted molar refractivity (Wildman–Crippen MR) is 86.0 cm³/mol. The van der Waals surface area contributed by atoms with Crippen molar-refractivity contribution in [3.8, 4) is 0 Å². The average molecular weight is 298 g/mol. The minimum absolute atomic E-state index is 0.113. The third-order valence-corrected chi connectivity index (χ3v) is 3.72. The van der Waals surface area contributed by atoms with Crippen LogP contribution in [0, 0.1) is 0 Å². The fourth-order valence-corrected chi connectivity index (χ4v) is 2.57. The van der Waals surface area contributed by atoms with Crippen LogP contribution in [0.25, 0.3) is 21.9 Å². The SMILES string of the molecule is CC(C)(CCC(=O)O)Nc1ncnc2[nH]c3ccccc3c12. The first kappa shape index (κ1) is 14.3. The lowest BCUT2D eigenvalue weighted by atomic mass is 9.98. The summed E-state index contributed by atoms with van der Waals surface area (Å²) in [5, 5.41) is 14.2. The standard InChI is InChI=1S/C16H18N4O2/c1-16(2,8-7-12(21)22)20-15-13-10-5-3-4-6-11(10)19-14(13)17-9-18-15/h3-6,9H,7-8H2,1-2H3,(H,21,22)(H2,17,18,19,20). The largest absolute Gasteiger partial charge is 0.481 e. The Balaban J connectivity index is 2.02. The molecule has 3 rings (SSSR count). The van der Waals surface area contributed by atoms with Gasteiger partial charge in [-0.3, -0.25) is 4.79 Å². The molecule has 3 N–H and O–H groups in total. The minimum Gasteiger partial charge on any atom is -0.481 e. The van der Waals surface area contributed by atoms with Gasteiger partial charge in [0.2, 0.25) is 0 Å². The van der Waals surface area contributed by atoms with Gasteiger partial charge in [0.15, 0.2) is 0 Å². The normalized spacial score (nSPS) is 11.9. The van der Waals surface area contributed by atoms with Gasteiger partial charge in [0, 0.05) is 22.9 Å². The Bertz CT molecular complexity index is 838. The Hall–Kier alpha value is -2.63. The van der Waals surface area contributed by atoms with E-state index in [1.165, 1.54) is 6.33 Å². The quantitative estimate of drug-likeness (QED) is 0.673. The number of carbonyl (C=O) groups is 1. The number of rotatable bonds is 5. The van der Waals surface area contributed by atoms with Gasteiger partial charge < -0.3 is 15.4 Å². The number of aromatic amines is 1. The number of fused-ring (bicyclic) bond motifs is 3. The van der Waals surface area contributed by atoms with Crippen LogP contribution in [0.15, 0.2) is 30.6 Å². The van der Waals surface area contributed by atoms with Crippen molar-refractivity contribution in [1.82, 2.24) is 15.0 Å². The van der Waals surface area contributed by atoms with E-state index in [9.17, 15) is 4.79 Å². The molecule has 0 aliphatic rings. The van der Waals surface area contributed by atoms with Crippen LogP contribution in [-0.4, -0.2) is 31.6 Å². The van der Waals surface area contributed by atoms with Crippen LogP contribution in [0.3, 0.4) is 0 Å². The lowest BCUT2D eigenvalue weighted by Gasteiger charge is -2.26. The molecule has 6 heteroatoms. The first-order chi connectivity index (χ1) is 10.5. The van der Waals surface area contributed by atoms with E-state index in [1.54, 1.807) is 0 Å². The van der Waals surface area contributed by atoms with E-state index in [1.807, 2.05) is 38.1 Å². The zero-order valence-electron chi connectivity index (χ0n) is 12.6. The molecule has 0 aliphatic carbocycles. The van der Waals surface area contributed by atoms with Gasteiger partial charge in [-0.05, 0) is 26.3 Å². The highest BCUT2D eigenvalue weighted by molar-refractivity contribution is 6.11. The average Bonchev–Trinajstić information content (AvgIpc) is 2.84. The molecule has 0 atom stereocenters. The van der Waals surface area contributed by atoms with Crippen LogP contribution in [0.1, 0.15) is 26.7 Å². The summed E-state index contributed by atoms with van der Waals surface area (Å²) in [6.07, 6.45) is 2.13. The maximum absolute atomic E-state index is 10.8. The highest BCUT2D eigenvalue weighted by Gasteiger charge is 2.21. The monoisotopic (exact) mass is 298 g/mol. The first-order valence-corrected chi connectivity index (χ1v) is 7.18. The van der Waals surface area contributed by atoms with Crippen molar-refractivity contribution >= 4 is 33.7 Å². The van der Waals surface area contributed by atoms with Gasteiger partial charge in [-0.25, -0.2) is 9.97 Å². The Labute approximate surface area is 127 Å². The van der Waals surface area contributed by atoms with Crippen molar-refractivity contribution in [2.24, 2.45) is 0 Å². The molecule has 0 spiro atoms. The summed E-state index contributed by atoms with van der Waals surface area (Å²) in [5.74, 6) is -0.0763. The smallest absolute Gasteiger partial charge is 0.303 e. The summed E-state index contributed by atoms with van der Waals surface area (Å²) < 4.78 is 0. The van der Waals surface area contributed by atoms with Gasteiger partial charge in [0.05, 0.1) is 5.39 Å². The number of anilines is 1. The van der Waals surface area contributed by atoms with Crippen LogP contribution in [0.4, 0.5) is 5.82 Å². The highest BCUT2D eigenvalue weighted by atomic mass is 16.4. The summed E-state index contributed by atoms with van der Waals surface area (Å²) in [6.45, 7) is 3.94. The van der Waals surface area contributed by atoms with E-state index in [0.717, 1.165) is 27.8 Å². The maximum atomic E-state index is 10.8. The molecule has 2 aromatic heterocycles. The van der Waals surface area contributed by atoms with Crippen LogP contribution in [-0.2, 0) is 4.79 Å². The van der Waals surface area contributed by atoms with Crippen molar-refractivity contribution in [2.75, 3.05) is 5.32 Å². The molecule has 3 aromatic rings. The van der Waals surface area contributed by atoms with Gasteiger partial charge in [0.25, 0.3) is 0 Å². The number of nitrogens with zero attached hydrogens (tertiary/aromatic N) is 2. The molecule has 0 aliphatic heterocycles. The van der Waals surface area contributed by atoms with E-state index in [2.05, 4.69) is 20.3 Å². The number of hydrogen-bond donors (Lipinski definition) is 3. The Kier molecular flexibility index (Phi) is 3.44. The number of para-hydroxylation sites is 1. The lowest BCUT2D eigenvalue weighted by Crippen LogP contribution is -2.32. The fraction of sp³-hybridized carbons (Fsp3) is 0.312. The zero-order valence-corrected chi connectivity index (χ0v) is 12.6. The van der Waals surface area contributed by atoms with Crippen molar-refractivity contribution in [3.05, 3.63) is 30.6 Å². The summed E-state index contributed by atoms with van der Waals surface area (Å²) in [6, 6.07) is 7.96. The van der Waals surface area contributed by atoms with Gasteiger partial charge >= 0.3 is 5.97 Å². The molecule has 0 unspecified atom stereocenters. The van der Waals surface area contributed by atoms with E-state index < -0.39 is 5.97 Å². The predicted octanol–water partition coefficient (Wildman–Crippen LogP) is 3.17. The Morgan fingerprint density at radius 2 is 2.09 bits per heavy atom. The molecular weight excluding hydrogens is 280 g/mol. The molecular formula is C16H18N4O2. The van der Waals surface area contributed by atoms with Gasteiger partial charge in [0.1, 0.15) is 17.8 Å². The van der Waals surface area contributed by atoms with Gasteiger partial charge in [-0.2, -0.15) is 0 Å². The van der Waals surface area contributed by atoms with Gasteiger partial charge in [-0.15, -0.1) is 0 Å². The van der Waals surface area contributed by atoms with E-state index in [4.69, 9.17) is 5.11 Å². The molecule has 0 saturated carbocycles. The molecule has 0 radical (unpaired) electrons. The molecule has 6 nitrogen and oxygen atoms in total. The van der Waals surface area contributed by atoms with Crippen LogP contribution < -0.4 is 5.32 Å². The second-order valence-corrected chi connectivity index (χ2v) is 6.02. The van der Waals surface area contributed by atoms with E-state index in [-0.39, 0.29) is 12.0 Å². The lowest BCUT2D eigenvalue weighted by molar-refractivity contribution is -0.137. The Morgan fingerprint density at radius 1 is 1.32 bits per heavy atom. The summed E-state index contributed by atoms with van der Waals surface area (Å²) in [7, 11) is 0. The highest BCUT2D eigenvalue weighted by Crippen LogP contribution is 2.30. The minimum atomic E-state index is -0.796. The van der Waals surface area contributed by atoms with Crippen LogP contribution in [0.5, 0.6) is 0 Å². The first-order valence-electron chi connectivity index (χ1n) is 7.18. The number of hydrogen-bond acceptors (Lipinski definition) is 4. The number of nitrogens with one attached hydrogen (secondary N) is 2. The summed E-state index contributed by atoms with van der Waals surface area (Å²) in [5.41, 5.74) is 1.40. The third-order valence-electron chi connectivity index (χ3n) is 3.72. The molecule has 0 bridgehead atoms. The molecule has 0 saturated heterocycles. The van der Waals surface area contributed by atoms with E-state index in [0.29, 0.717) is 6.42 Å². The second kappa shape index (κ2) is 5.29.